The van der Waals surface area contributed by atoms with Gasteiger partial charge in [0, 0.05) is 30.7 Å². The van der Waals surface area contributed by atoms with Crippen molar-refractivity contribution in [2.24, 2.45) is 0 Å². The lowest BCUT2D eigenvalue weighted by atomic mass is 9.95. The molecule has 0 aliphatic carbocycles. The summed E-state index contributed by atoms with van der Waals surface area (Å²) in [6.07, 6.45) is 1.96. The van der Waals surface area contributed by atoms with E-state index < -0.39 is 26.9 Å². The molecule has 1 unspecified atom stereocenters. The average Bonchev–Trinajstić information content (AvgIpc) is 3.40. The third-order valence-corrected chi connectivity index (χ3v) is 8.22. The van der Waals surface area contributed by atoms with E-state index in [9.17, 15) is 22.0 Å². The molecule has 178 valence electrons. The predicted molar refractivity (Wildman–Crippen MR) is 125 cm³/mol. The highest BCUT2D eigenvalue weighted by molar-refractivity contribution is 7.93. The molecule has 34 heavy (non-hydrogen) atoms. The van der Waals surface area contributed by atoms with Crippen LogP contribution in [0.2, 0.25) is 0 Å². The summed E-state index contributed by atoms with van der Waals surface area (Å²) in [5.74, 6) is -0.669. The molecule has 2 aromatic heterocycles. The molecule has 1 N–H and O–H groups in total. The van der Waals surface area contributed by atoms with Gasteiger partial charge in [-0.1, -0.05) is 18.2 Å². The number of fused-ring (bicyclic) bond motifs is 2. The van der Waals surface area contributed by atoms with Gasteiger partial charge in [-0.2, -0.15) is 4.37 Å². The molecular formula is C20H18N5O6S3-. The van der Waals surface area contributed by atoms with Crippen LogP contribution in [-0.2, 0) is 40.6 Å². The van der Waals surface area contributed by atoms with Crippen LogP contribution in [0.5, 0.6) is 0 Å². The quantitative estimate of drug-likeness (QED) is 0.357. The third-order valence-electron chi connectivity index (χ3n) is 5.60. The van der Waals surface area contributed by atoms with Gasteiger partial charge in [-0.25, -0.2) is 18.2 Å². The van der Waals surface area contributed by atoms with Crippen molar-refractivity contribution in [3.63, 3.8) is 0 Å². The topological polar surface area (TPSA) is 150 Å². The van der Waals surface area contributed by atoms with Crippen molar-refractivity contribution in [2.45, 2.75) is 24.4 Å². The van der Waals surface area contributed by atoms with Crippen LogP contribution in [0.15, 0.2) is 56.8 Å². The van der Waals surface area contributed by atoms with Crippen molar-refractivity contribution >= 4 is 48.9 Å². The molecule has 0 bridgehead atoms. The summed E-state index contributed by atoms with van der Waals surface area (Å²) in [7, 11) is -3.93. The zero-order chi connectivity index (χ0) is 23.9. The van der Waals surface area contributed by atoms with Crippen molar-refractivity contribution in [2.75, 3.05) is 17.1 Å². The SMILES string of the molecule is O=c1oc2cc(S(=O)(=O)Nc3ncns3)ccc2n1Cc1cccc2c1CN(CS(=O)[O-])CC2. The fourth-order valence-corrected chi connectivity index (χ4v) is 6.23. The Kier molecular flexibility index (Phi) is 6.07. The van der Waals surface area contributed by atoms with Crippen LogP contribution in [-0.4, -0.2) is 48.4 Å². The van der Waals surface area contributed by atoms with Crippen molar-refractivity contribution in [3.8, 4) is 0 Å². The van der Waals surface area contributed by atoms with E-state index >= 15 is 0 Å². The van der Waals surface area contributed by atoms with E-state index in [1.807, 2.05) is 23.1 Å². The minimum Gasteiger partial charge on any atom is -0.771 e. The minimum absolute atomic E-state index is 0.0509. The Balaban J connectivity index is 1.47. The number of rotatable bonds is 7. The van der Waals surface area contributed by atoms with Crippen LogP contribution in [0, 0.1) is 0 Å². The van der Waals surface area contributed by atoms with Gasteiger partial charge >= 0.3 is 5.76 Å². The van der Waals surface area contributed by atoms with E-state index in [1.54, 1.807) is 0 Å². The molecule has 14 heteroatoms. The largest absolute Gasteiger partial charge is 0.771 e. The fraction of sp³-hybridized carbons (Fsp3) is 0.250. The van der Waals surface area contributed by atoms with Gasteiger partial charge in [0.15, 0.2) is 5.58 Å². The van der Waals surface area contributed by atoms with Crippen LogP contribution in [0.4, 0.5) is 5.13 Å². The second-order valence-corrected chi connectivity index (χ2v) is 11.1. The van der Waals surface area contributed by atoms with Crippen LogP contribution in [0.25, 0.3) is 11.1 Å². The van der Waals surface area contributed by atoms with Crippen molar-refractivity contribution in [3.05, 3.63) is 70.0 Å². The minimum atomic E-state index is -3.93. The molecule has 0 fully saturated rings. The lowest BCUT2D eigenvalue weighted by molar-refractivity contribution is 0.288. The van der Waals surface area contributed by atoms with Crippen molar-refractivity contribution < 1.29 is 21.6 Å². The molecule has 0 saturated carbocycles. The van der Waals surface area contributed by atoms with Gasteiger partial charge in [0.2, 0.25) is 5.13 Å². The van der Waals surface area contributed by atoms with E-state index in [1.165, 1.54) is 29.1 Å². The summed E-state index contributed by atoms with van der Waals surface area (Å²) in [6, 6.07) is 10.0. The Morgan fingerprint density at radius 2 is 2.12 bits per heavy atom. The molecule has 1 aliphatic rings. The third kappa shape index (κ3) is 4.54. The summed E-state index contributed by atoms with van der Waals surface area (Å²) in [4.78, 5) is 18.2. The van der Waals surface area contributed by atoms with Crippen molar-refractivity contribution in [1.82, 2.24) is 18.8 Å². The normalized spacial score (nSPS) is 15.3. The first-order valence-electron chi connectivity index (χ1n) is 10.1. The summed E-state index contributed by atoms with van der Waals surface area (Å²) in [5.41, 5.74) is 3.56. The Morgan fingerprint density at radius 3 is 2.88 bits per heavy atom. The maximum Gasteiger partial charge on any atom is 0.420 e. The lowest BCUT2D eigenvalue weighted by Crippen LogP contribution is -2.34. The van der Waals surface area contributed by atoms with Gasteiger partial charge in [0.25, 0.3) is 10.0 Å². The molecule has 0 radical (unpaired) electrons. The van der Waals surface area contributed by atoms with Gasteiger partial charge in [-0.3, -0.25) is 18.4 Å². The monoisotopic (exact) mass is 520 g/mol. The van der Waals surface area contributed by atoms with E-state index in [-0.39, 0.29) is 28.0 Å². The number of nitrogens with one attached hydrogen (secondary N) is 1. The summed E-state index contributed by atoms with van der Waals surface area (Å²) in [5, 5.41) is 0.128. The number of sulfonamides is 1. The molecular weight excluding hydrogens is 502 g/mol. The standard InChI is InChI=1S/C20H19N5O6S3/c26-20-25(9-14-3-1-2-13-6-7-24(10-16(13)14)12-33(27)28)17-5-4-15(8-18(17)31-20)34(29,30)23-19-21-11-22-32-19/h1-5,8,11H,6-7,9-10,12H2,(H,27,28)(H,21,22,23)/p-1. The number of nitrogens with zero attached hydrogens (tertiary/aromatic N) is 4. The van der Waals surface area contributed by atoms with Gasteiger partial charge in [0.05, 0.1) is 22.8 Å². The fourth-order valence-electron chi connectivity index (χ4n) is 4.04. The van der Waals surface area contributed by atoms with Gasteiger partial charge in [-0.05, 0) is 46.3 Å². The van der Waals surface area contributed by atoms with Crippen LogP contribution in [0.1, 0.15) is 16.7 Å². The number of hydrogen-bond donors (Lipinski definition) is 1. The summed E-state index contributed by atoms with van der Waals surface area (Å²) in [6.45, 7) is 1.31. The van der Waals surface area contributed by atoms with E-state index in [4.69, 9.17) is 4.42 Å². The number of anilines is 1. The molecule has 0 spiro atoms. The van der Waals surface area contributed by atoms with E-state index in [0.717, 1.165) is 28.2 Å². The Labute approximate surface area is 200 Å². The number of benzene rings is 2. The van der Waals surface area contributed by atoms with Crippen molar-refractivity contribution in [1.29, 1.82) is 0 Å². The van der Waals surface area contributed by atoms with Crippen LogP contribution < -0.4 is 10.5 Å². The molecule has 4 aromatic rings. The zero-order valence-electron chi connectivity index (χ0n) is 17.5. The maximum atomic E-state index is 12.7. The molecule has 0 saturated heterocycles. The van der Waals surface area contributed by atoms with Crippen LogP contribution in [0.3, 0.4) is 0 Å². The number of aromatic nitrogens is 3. The average molecular weight is 521 g/mol. The molecule has 3 heterocycles. The molecule has 1 aliphatic heterocycles. The second-order valence-electron chi connectivity index (χ2n) is 7.73. The molecule has 0 amide bonds. The Morgan fingerprint density at radius 1 is 1.26 bits per heavy atom. The highest BCUT2D eigenvalue weighted by Crippen LogP contribution is 2.26. The zero-order valence-corrected chi connectivity index (χ0v) is 20.0. The summed E-state index contributed by atoms with van der Waals surface area (Å²) < 4.78 is 60.5. The first-order chi connectivity index (χ1) is 16.3. The maximum absolute atomic E-state index is 12.7. The molecule has 2 aromatic carbocycles. The van der Waals surface area contributed by atoms with Gasteiger partial charge in [0.1, 0.15) is 6.33 Å². The Bertz CT molecular complexity index is 1540. The highest BCUT2D eigenvalue weighted by Gasteiger charge is 2.22. The summed E-state index contributed by atoms with van der Waals surface area (Å²) >= 11 is -1.27. The second kappa shape index (κ2) is 9.03. The Hall–Kier alpha value is -2.91. The van der Waals surface area contributed by atoms with Crippen LogP contribution >= 0.6 is 11.5 Å². The van der Waals surface area contributed by atoms with E-state index in [2.05, 4.69) is 14.1 Å². The highest BCUT2D eigenvalue weighted by atomic mass is 32.2. The molecule has 5 rings (SSSR count). The van der Waals surface area contributed by atoms with Gasteiger partial charge in [-0.15, -0.1) is 0 Å². The first-order valence-corrected chi connectivity index (χ1v) is 13.6. The van der Waals surface area contributed by atoms with Gasteiger partial charge < -0.3 is 8.97 Å². The lowest BCUT2D eigenvalue weighted by Gasteiger charge is -2.30. The molecule has 1 atom stereocenters. The molecule has 11 nitrogen and oxygen atoms in total. The smallest absolute Gasteiger partial charge is 0.420 e. The predicted octanol–water partition coefficient (Wildman–Crippen LogP) is 1.49. The number of hydrogen-bond acceptors (Lipinski definition) is 10. The first kappa shape index (κ1) is 22.9. The number of oxazole rings is 1. The van der Waals surface area contributed by atoms with E-state index in [0.29, 0.717) is 25.0 Å².